The van der Waals surface area contributed by atoms with Gasteiger partial charge in [-0.3, -0.25) is 9.78 Å². The molecule has 0 saturated heterocycles. The van der Waals surface area contributed by atoms with Crippen molar-refractivity contribution in [3.05, 3.63) is 46.2 Å². The standard InChI is InChI=1S/C23H26N2O2S/c1-15-17(9-4-6-12-20(26)27-2)21(16-8-7-13-24-14-16)22-18-10-3-5-11-19(18)28-23(22)25-15/h7-8,13-14H,3-6,9-12H2,1-2H3. The topological polar surface area (TPSA) is 52.1 Å². The van der Waals surface area contributed by atoms with Crippen molar-refractivity contribution >= 4 is 27.5 Å². The molecule has 4 rings (SSSR count). The van der Waals surface area contributed by atoms with Gasteiger partial charge < -0.3 is 4.74 Å². The summed E-state index contributed by atoms with van der Waals surface area (Å²) in [7, 11) is 1.45. The fourth-order valence-corrected chi connectivity index (χ4v) is 5.56. The van der Waals surface area contributed by atoms with Gasteiger partial charge >= 0.3 is 5.97 Å². The summed E-state index contributed by atoms with van der Waals surface area (Å²) in [6, 6.07) is 4.17. The molecular formula is C23H26N2O2S. The van der Waals surface area contributed by atoms with E-state index in [-0.39, 0.29) is 5.97 Å². The monoisotopic (exact) mass is 394 g/mol. The largest absolute Gasteiger partial charge is 0.469 e. The lowest BCUT2D eigenvalue weighted by Gasteiger charge is -2.17. The van der Waals surface area contributed by atoms with Crippen LogP contribution in [0.5, 0.6) is 0 Å². The van der Waals surface area contributed by atoms with Crippen molar-refractivity contribution in [2.45, 2.75) is 58.3 Å². The number of carbonyl (C=O) groups is 1. The number of hydrogen-bond donors (Lipinski definition) is 0. The van der Waals surface area contributed by atoms with E-state index in [9.17, 15) is 4.79 Å². The average Bonchev–Trinajstić information content (AvgIpc) is 3.09. The van der Waals surface area contributed by atoms with Gasteiger partial charge in [0.25, 0.3) is 0 Å². The molecule has 146 valence electrons. The smallest absolute Gasteiger partial charge is 0.305 e. The van der Waals surface area contributed by atoms with Crippen molar-refractivity contribution < 1.29 is 9.53 Å². The number of methoxy groups -OCH3 is 1. The number of ether oxygens (including phenoxy) is 1. The maximum atomic E-state index is 11.4. The Morgan fingerprint density at radius 2 is 2.11 bits per heavy atom. The number of pyridine rings is 2. The van der Waals surface area contributed by atoms with Gasteiger partial charge in [0.05, 0.1) is 7.11 Å². The molecule has 0 radical (unpaired) electrons. The van der Waals surface area contributed by atoms with Crippen LogP contribution in [0.2, 0.25) is 0 Å². The molecule has 3 heterocycles. The van der Waals surface area contributed by atoms with Crippen LogP contribution in [0.15, 0.2) is 24.5 Å². The number of carbonyl (C=O) groups excluding carboxylic acids is 1. The molecule has 5 heteroatoms. The molecular weight excluding hydrogens is 368 g/mol. The molecule has 1 aliphatic rings. The third kappa shape index (κ3) is 3.68. The lowest BCUT2D eigenvalue weighted by Crippen LogP contribution is -2.03. The molecule has 0 unspecified atom stereocenters. The number of thiophene rings is 1. The maximum Gasteiger partial charge on any atom is 0.305 e. The van der Waals surface area contributed by atoms with Gasteiger partial charge in [-0.15, -0.1) is 11.3 Å². The Hall–Kier alpha value is -2.27. The molecule has 0 spiro atoms. The molecule has 0 aromatic carbocycles. The molecule has 1 aliphatic carbocycles. The van der Waals surface area contributed by atoms with Crippen LogP contribution in [0.1, 0.15) is 53.8 Å². The molecule has 4 nitrogen and oxygen atoms in total. The first-order valence-corrected chi connectivity index (χ1v) is 10.9. The van der Waals surface area contributed by atoms with E-state index in [2.05, 4.69) is 18.0 Å². The molecule has 0 aliphatic heterocycles. The van der Waals surface area contributed by atoms with Gasteiger partial charge in [0, 0.05) is 40.3 Å². The van der Waals surface area contributed by atoms with Crippen molar-refractivity contribution in [1.29, 1.82) is 0 Å². The van der Waals surface area contributed by atoms with E-state index in [1.807, 2.05) is 29.8 Å². The van der Waals surface area contributed by atoms with E-state index in [0.29, 0.717) is 6.42 Å². The Bertz CT molecular complexity index is 995. The highest BCUT2D eigenvalue weighted by Gasteiger charge is 2.23. The van der Waals surface area contributed by atoms with Gasteiger partial charge in [-0.25, -0.2) is 4.98 Å². The average molecular weight is 395 g/mol. The first-order chi connectivity index (χ1) is 13.7. The van der Waals surface area contributed by atoms with E-state index in [0.717, 1.165) is 31.4 Å². The van der Waals surface area contributed by atoms with Gasteiger partial charge in [0.15, 0.2) is 0 Å². The summed E-state index contributed by atoms with van der Waals surface area (Å²) in [6.45, 7) is 2.12. The molecule has 0 fully saturated rings. The highest BCUT2D eigenvalue weighted by molar-refractivity contribution is 7.19. The molecule has 0 amide bonds. The second kappa shape index (κ2) is 8.39. The summed E-state index contributed by atoms with van der Waals surface area (Å²) in [5.74, 6) is -0.135. The number of unbranched alkanes of at least 4 members (excludes halogenated alkanes) is 1. The van der Waals surface area contributed by atoms with Crippen LogP contribution in [0, 0.1) is 6.92 Å². The summed E-state index contributed by atoms with van der Waals surface area (Å²) in [5.41, 5.74) is 6.40. The quantitative estimate of drug-likeness (QED) is 0.413. The summed E-state index contributed by atoms with van der Waals surface area (Å²) in [4.78, 5) is 23.5. The van der Waals surface area contributed by atoms with Gasteiger partial charge in [-0.2, -0.15) is 0 Å². The molecule has 28 heavy (non-hydrogen) atoms. The first kappa shape index (κ1) is 19.1. The van der Waals surface area contributed by atoms with Gasteiger partial charge in [0.1, 0.15) is 4.83 Å². The van der Waals surface area contributed by atoms with Gasteiger partial charge in [-0.1, -0.05) is 6.07 Å². The third-order valence-corrected chi connectivity index (χ3v) is 6.83. The second-order valence-corrected chi connectivity index (χ2v) is 8.55. The molecule has 3 aromatic heterocycles. The van der Waals surface area contributed by atoms with Crippen LogP contribution in [-0.4, -0.2) is 23.0 Å². The van der Waals surface area contributed by atoms with Gasteiger partial charge in [-0.05, 0) is 74.6 Å². The number of nitrogens with zero attached hydrogens (tertiary/aromatic N) is 2. The maximum absolute atomic E-state index is 11.4. The number of aromatic nitrogens is 2. The van der Waals surface area contributed by atoms with Crippen molar-refractivity contribution in [3.63, 3.8) is 0 Å². The predicted molar refractivity (Wildman–Crippen MR) is 114 cm³/mol. The zero-order chi connectivity index (χ0) is 19.5. The van der Waals surface area contributed by atoms with E-state index < -0.39 is 0 Å². The summed E-state index contributed by atoms with van der Waals surface area (Å²) < 4.78 is 4.77. The Morgan fingerprint density at radius 3 is 2.89 bits per heavy atom. The zero-order valence-electron chi connectivity index (χ0n) is 16.6. The van der Waals surface area contributed by atoms with Crippen LogP contribution < -0.4 is 0 Å². The molecule has 0 atom stereocenters. The van der Waals surface area contributed by atoms with Crippen LogP contribution in [0.25, 0.3) is 21.3 Å². The molecule has 0 bridgehead atoms. The van der Waals surface area contributed by atoms with Crippen LogP contribution in [0.3, 0.4) is 0 Å². The second-order valence-electron chi connectivity index (χ2n) is 7.47. The molecule has 0 saturated carbocycles. The van der Waals surface area contributed by atoms with E-state index in [4.69, 9.17) is 9.72 Å². The number of hydrogen-bond acceptors (Lipinski definition) is 5. The first-order valence-electron chi connectivity index (χ1n) is 10.1. The van der Waals surface area contributed by atoms with Crippen molar-refractivity contribution in [3.8, 4) is 11.1 Å². The van der Waals surface area contributed by atoms with Crippen LogP contribution >= 0.6 is 11.3 Å². The minimum atomic E-state index is -0.135. The Labute approximate surface area is 170 Å². The lowest BCUT2D eigenvalue weighted by atomic mass is 9.89. The number of esters is 1. The highest BCUT2D eigenvalue weighted by Crippen LogP contribution is 2.43. The van der Waals surface area contributed by atoms with Crippen molar-refractivity contribution in [2.75, 3.05) is 7.11 Å². The Morgan fingerprint density at radius 1 is 1.25 bits per heavy atom. The Kier molecular flexibility index (Phi) is 5.72. The van der Waals surface area contributed by atoms with Gasteiger partial charge in [0.2, 0.25) is 0 Å². The van der Waals surface area contributed by atoms with E-state index in [1.54, 1.807) is 0 Å². The Balaban J connectivity index is 1.79. The fourth-order valence-electron chi connectivity index (χ4n) is 4.25. The summed E-state index contributed by atoms with van der Waals surface area (Å²) in [5, 5.41) is 1.35. The van der Waals surface area contributed by atoms with Crippen LogP contribution in [-0.2, 0) is 28.8 Å². The minimum Gasteiger partial charge on any atom is -0.469 e. The third-order valence-electron chi connectivity index (χ3n) is 5.65. The lowest BCUT2D eigenvalue weighted by molar-refractivity contribution is -0.140. The molecule has 3 aromatic rings. The van der Waals surface area contributed by atoms with Crippen molar-refractivity contribution in [1.82, 2.24) is 9.97 Å². The normalized spacial score (nSPS) is 13.5. The SMILES string of the molecule is COC(=O)CCCCc1c(C)nc2sc3c(c2c1-c1cccnc1)CCCC3. The van der Waals surface area contributed by atoms with Crippen molar-refractivity contribution in [2.24, 2.45) is 0 Å². The number of aryl methyl sites for hydroxylation is 3. The minimum absolute atomic E-state index is 0.135. The summed E-state index contributed by atoms with van der Waals surface area (Å²) in [6.07, 6.45) is 11.8. The number of fused-ring (bicyclic) bond motifs is 3. The highest BCUT2D eigenvalue weighted by atomic mass is 32.1. The summed E-state index contributed by atoms with van der Waals surface area (Å²) >= 11 is 1.87. The fraction of sp³-hybridized carbons (Fsp3) is 0.435. The molecule has 0 N–H and O–H groups in total. The van der Waals surface area contributed by atoms with Crippen LogP contribution in [0.4, 0.5) is 0 Å². The zero-order valence-corrected chi connectivity index (χ0v) is 17.4. The van der Waals surface area contributed by atoms with E-state index in [1.165, 1.54) is 63.7 Å². The van der Waals surface area contributed by atoms with E-state index >= 15 is 0 Å². The number of rotatable bonds is 6. The predicted octanol–water partition coefficient (Wildman–Crippen LogP) is 5.43.